The van der Waals surface area contributed by atoms with E-state index in [-0.39, 0.29) is 10.4 Å². The van der Waals surface area contributed by atoms with Crippen LogP contribution in [0.15, 0.2) is 23.1 Å². The second-order valence-corrected chi connectivity index (χ2v) is 6.93. The highest BCUT2D eigenvalue weighted by atomic mass is 32.2. The van der Waals surface area contributed by atoms with Gasteiger partial charge in [-0.3, -0.25) is 0 Å². The Hall–Kier alpha value is -0.885. The number of sulfonamides is 1. The van der Waals surface area contributed by atoms with Crippen molar-refractivity contribution in [3.63, 3.8) is 0 Å². The SMILES string of the molecule is Cc1ccc(S(=O)(=O)NC(C)(C)C)cc1B(O)O. The molecule has 3 N–H and O–H groups in total. The van der Waals surface area contributed by atoms with Crippen molar-refractivity contribution in [3.05, 3.63) is 23.8 Å². The van der Waals surface area contributed by atoms with E-state index in [2.05, 4.69) is 4.72 Å². The number of rotatable bonds is 3. The van der Waals surface area contributed by atoms with Gasteiger partial charge < -0.3 is 10.0 Å². The topological polar surface area (TPSA) is 86.6 Å². The summed E-state index contributed by atoms with van der Waals surface area (Å²) >= 11 is 0. The number of hydrogen-bond acceptors (Lipinski definition) is 4. The van der Waals surface area contributed by atoms with E-state index in [1.165, 1.54) is 12.1 Å². The first kappa shape index (κ1) is 15.2. The van der Waals surface area contributed by atoms with Crippen LogP contribution in [0.2, 0.25) is 0 Å². The molecule has 0 amide bonds. The average molecular weight is 271 g/mol. The zero-order chi connectivity index (χ0) is 14.1. The Morgan fingerprint density at radius 3 is 2.22 bits per heavy atom. The molecule has 100 valence electrons. The van der Waals surface area contributed by atoms with Crippen LogP contribution in [0.25, 0.3) is 0 Å². The summed E-state index contributed by atoms with van der Waals surface area (Å²) in [6.45, 7) is 6.89. The molecule has 0 unspecified atom stereocenters. The van der Waals surface area contributed by atoms with Crippen molar-refractivity contribution >= 4 is 22.6 Å². The molecule has 0 saturated heterocycles. The molecule has 7 heteroatoms. The summed E-state index contributed by atoms with van der Waals surface area (Å²) < 4.78 is 26.6. The summed E-state index contributed by atoms with van der Waals surface area (Å²) in [7, 11) is -5.35. The second-order valence-electron chi connectivity index (χ2n) is 5.25. The van der Waals surface area contributed by atoms with E-state index in [0.717, 1.165) is 0 Å². The number of nitrogens with one attached hydrogen (secondary N) is 1. The zero-order valence-corrected chi connectivity index (χ0v) is 11.7. The maximum absolute atomic E-state index is 12.1. The fourth-order valence-electron chi connectivity index (χ4n) is 1.53. The molecule has 0 saturated carbocycles. The monoisotopic (exact) mass is 271 g/mol. The van der Waals surface area contributed by atoms with Gasteiger partial charge in [0.05, 0.1) is 4.90 Å². The van der Waals surface area contributed by atoms with E-state index in [1.807, 2.05) is 0 Å². The van der Waals surface area contributed by atoms with Gasteiger partial charge in [0.15, 0.2) is 0 Å². The first-order chi connectivity index (χ1) is 8.03. The molecule has 0 fully saturated rings. The van der Waals surface area contributed by atoms with Crippen LogP contribution in [0.3, 0.4) is 0 Å². The maximum Gasteiger partial charge on any atom is 0.488 e. The Balaban J connectivity index is 3.22. The summed E-state index contributed by atoms with van der Waals surface area (Å²) in [5.41, 5.74) is 0.216. The number of benzene rings is 1. The predicted molar refractivity (Wildman–Crippen MR) is 71.1 cm³/mol. The van der Waals surface area contributed by atoms with E-state index in [9.17, 15) is 8.42 Å². The molecule has 0 aliphatic rings. The molecule has 1 aromatic rings. The van der Waals surface area contributed by atoms with E-state index in [4.69, 9.17) is 10.0 Å². The molecule has 0 aromatic heterocycles. The van der Waals surface area contributed by atoms with E-state index in [0.29, 0.717) is 5.56 Å². The normalized spacial score (nSPS) is 12.6. The third-order valence-electron chi connectivity index (χ3n) is 2.28. The molecule has 1 aromatic carbocycles. The number of hydrogen-bond donors (Lipinski definition) is 3. The molecule has 0 atom stereocenters. The largest absolute Gasteiger partial charge is 0.488 e. The molecular weight excluding hydrogens is 253 g/mol. The lowest BCUT2D eigenvalue weighted by molar-refractivity contribution is 0.425. The van der Waals surface area contributed by atoms with Crippen LogP contribution in [-0.4, -0.2) is 31.1 Å². The van der Waals surface area contributed by atoms with Gasteiger partial charge in [0.25, 0.3) is 0 Å². The quantitative estimate of drug-likeness (QED) is 0.662. The van der Waals surface area contributed by atoms with Gasteiger partial charge in [-0.25, -0.2) is 13.1 Å². The van der Waals surface area contributed by atoms with Crippen molar-refractivity contribution in [2.45, 2.75) is 38.1 Å². The van der Waals surface area contributed by atoms with Crippen LogP contribution in [0.4, 0.5) is 0 Å². The molecule has 0 aliphatic heterocycles. The Labute approximate surface area is 108 Å². The summed E-state index contributed by atoms with van der Waals surface area (Å²) in [6.07, 6.45) is 0. The van der Waals surface area contributed by atoms with Crippen molar-refractivity contribution in [3.8, 4) is 0 Å². The minimum atomic E-state index is -3.66. The van der Waals surface area contributed by atoms with Crippen LogP contribution in [0.5, 0.6) is 0 Å². The van der Waals surface area contributed by atoms with Gasteiger partial charge >= 0.3 is 7.12 Å². The lowest BCUT2D eigenvalue weighted by Crippen LogP contribution is -2.41. The minimum Gasteiger partial charge on any atom is -0.423 e. The fourth-order valence-corrected chi connectivity index (χ4v) is 2.98. The van der Waals surface area contributed by atoms with Crippen LogP contribution in [0.1, 0.15) is 26.3 Å². The lowest BCUT2D eigenvalue weighted by atomic mass is 9.77. The van der Waals surface area contributed by atoms with Gasteiger partial charge in [-0.1, -0.05) is 11.6 Å². The van der Waals surface area contributed by atoms with Gasteiger partial charge in [-0.15, -0.1) is 0 Å². The Morgan fingerprint density at radius 2 is 1.78 bits per heavy atom. The Kier molecular flexibility index (Phi) is 4.22. The second kappa shape index (κ2) is 5.01. The van der Waals surface area contributed by atoms with Crippen LogP contribution >= 0.6 is 0 Å². The first-order valence-electron chi connectivity index (χ1n) is 5.53. The lowest BCUT2D eigenvalue weighted by Gasteiger charge is -2.20. The van der Waals surface area contributed by atoms with Gasteiger partial charge in [0.2, 0.25) is 10.0 Å². The Bertz CT molecular complexity index is 534. The van der Waals surface area contributed by atoms with Crippen LogP contribution in [0, 0.1) is 6.92 Å². The Morgan fingerprint density at radius 1 is 1.22 bits per heavy atom. The number of aryl methyl sites for hydroxylation is 1. The first-order valence-corrected chi connectivity index (χ1v) is 7.02. The molecule has 0 heterocycles. The van der Waals surface area contributed by atoms with Gasteiger partial charge in [0, 0.05) is 5.54 Å². The standard InChI is InChI=1S/C11H18BNO4S/c1-8-5-6-9(7-10(8)12(14)15)18(16,17)13-11(2,3)4/h5-7,13-15H,1-4H3. The highest BCUT2D eigenvalue weighted by Gasteiger charge is 2.24. The minimum absolute atomic E-state index is 0.0196. The summed E-state index contributed by atoms with van der Waals surface area (Å²) in [5.74, 6) is 0. The molecule has 0 spiro atoms. The smallest absolute Gasteiger partial charge is 0.423 e. The van der Waals surface area contributed by atoms with Gasteiger partial charge in [-0.05, 0) is 45.3 Å². The summed E-state index contributed by atoms with van der Waals surface area (Å²) in [4.78, 5) is 0.0196. The fraction of sp³-hybridized carbons (Fsp3) is 0.455. The third-order valence-corrected chi connectivity index (χ3v) is 4.04. The van der Waals surface area contributed by atoms with Crippen molar-refractivity contribution in [2.24, 2.45) is 0 Å². The van der Waals surface area contributed by atoms with E-state index in [1.54, 1.807) is 33.8 Å². The highest BCUT2D eigenvalue weighted by Crippen LogP contribution is 2.12. The third kappa shape index (κ3) is 3.81. The van der Waals surface area contributed by atoms with Crippen molar-refractivity contribution in [2.75, 3.05) is 0 Å². The molecular formula is C11H18BNO4S. The van der Waals surface area contributed by atoms with Crippen LogP contribution < -0.4 is 10.2 Å². The van der Waals surface area contributed by atoms with Crippen molar-refractivity contribution in [1.29, 1.82) is 0 Å². The van der Waals surface area contributed by atoms with Gasteiger partial charge in [0.1, 0.15) is 0 Å². The molecule has 1 rings (SSSR count). The molecule has 5 nitrogen and oxygen atoms in total. The zero-order valence-electron chi connectivity index (χ0n) is 10.9. The molecule has 18 heavy (non-hydrogen) atoms. The molecule has 0 radical (unpaired) electrons. The van der Waals surface area contributed by atoms with E-state index >= 15 is 0 Å². The summed E-state index contributed by atoms with van der Waals surface area (Å²) in [5, 5.41) is 18.3. The van der Waals surface area contributed by atoms with Gasteiger partial charge in [-0.2, -0.15) is 0 Å². The maximum atomic E-state index is 12.1. The van der Waals surface area contributed by atoms with Crippen molar-refractivity contribution < 1.29 is 18.5 Å². The summed E-state index contributed by atoms with van der Waals surface area (Å²) in [6, 6.07) is 4.26. The average Bonchev–Trinajstić information content (AvgIpc) is 2.13. The van der Waals surface area contributed by atoms with Crippen molar-refractivity contribution in [1.82, 2.24) is 4.72 Å². The van der Waals surface area contributed by atoms with Crippen LogP contribution in [-0.2, 0) is 10.0 Å². The highest BCUT2D eigenvalue weighted by molar-refractivity contribution is 7.89. The molecule has 0 bridgehead atoms. The predicted octanol–water partition coefficient (Wildman–Crippen LogP) is -0.248. The van der Waals surface area contributed by atoms with E-state index < -0.39 is 22.7 Å². The molecule has 0 aliphatic carbocycles.